The van der Waals surface area contributed by atoms with Crippen LogP contribution in [0.15, 0.2) is 42.5 Å². The van der Waals surface area contributed by atoms with Gasteiger partial charge in [-0.05, 0) is 41.8 Å². The quantitative estimate of drug-likeness (QED) is 0.822. The predicted molar refractivity (Wildman–Crippen MR) is 91.2 cm³/mol. The maximum atomic E-state index is 12.0. The van der Waals surface area contributed by atoms with Crippen LogP contribution in [-0.4, -0.2) is 13.1 Å². The molecule has 0 heterocycles. The lowest BCUT2D eigenvalue weighted by Crippen LogP contribution is -2.19. The van der Waals surface area contributed by atoms with Crippen molar-refractivity contribution in [2.45, 2.75) is 19.8 Å². The normalized spacial score (nSPS) is 10.4. The second-order valence-electron chi connectivity index (χ2n) is 5.21. The van der Waals surface area contributed by atoms with Gasteiger partial charge in [0.2, 0.25) is 0 Å². The van der Waals surface area contributed by atoms with E-state index in [1.54, 1.807) is 25.3 Å². The fourth-order valence-corrected chi connectivity index (χ4v) is 2.25. The number of hydrogen-bond acceptors (Lipinski definition) is 2. The van der Waals surface area contributed by atoms with Crippen molar-refractivity contribution in [3.8, 4) is 5.75 Å². The fraction of sp³-hybridized carbons (Fsp3) is 0.235. The van der Waals surface area contributed by atoms with Crippen molar-refractivity contribution in [2.24, 2.45) is 0 Å². The summed E-state index contributed by atoms with van der Waals surface area (Å²) in [7, 11) is 1.54. The van der Waals surface area contributed by atoms with Crippen molar-refractivity contribution < 1.29 is 9.53 Å². The average Bonchev–Trinajstić information content (AvgIpc) is 2.48. The molecule has 0 spiro atoms. The molecule has 2 aromatic carbocycles. The second kappa shape index (κ2) is 7.18. The Morgan fingerprint density at radius 3 is 2.18 bits per heavy atom. The Hall–Kier alpha value is -2.20. The van der Waals surface area contributed by atoms with E-state index < -0.39 is 0 Å². The molecule has 2 aromatic rings. The minimum atomic E-state index is -0.321. The molecule has 2 amide bonds. The van der Waals surface area contributed by atoms with Crippen molar-refractivity contribution in [3.63, 3.8) is 0 Å². The zero-order valence-electron chi connectivity index (χ0n) is 12.8. The summed E-state index contributed by atoms with van der Waals surface area (Å²) in [6.07, 6.45) is 0. The molecule has 0 aliphatic carbocycles. The molecule has 2 N–H and O–H groups in total. The molecule has 2 rings (SSSR count). The number of hydrogen-bond donors (Lipinski definition) is 2. The van der Waals surface area contributed by atoms with Gasteiger partial charge in [-0.15, -0.1) is 0 Å². The van der Waals surface area contributed by atoms with Crippen molar-refractivity contribution in [2.75, 3.05) is 17.7 Å². The van der Waals surface area contributed by atoms with Gasteiger partial charge in [0.05, 0.1) is 12.1 Å². The van der Waals surface area contributed by atoms with Crippen molar-refractivity contribution >= 4 is 29.0 Å². The average molecular weight is 319 g/mol. The first-order valence-electron chi connectivity index (χ1n) is 7.01. The second-order valence-corrected chi connectivity index (χ2v) is 5.61. The van der Waals surface area contributed by atoms with E-state index in [1.807, 2.05) is 24.3 Å². The van der Waals surface area contributed by atoms with Gasteiger partial charge in [-0.3, -0.25) is 0 Å². The molecule has 0 aliphatic heterocycles. The Kier molecular flexibility index (Phi) is 5.28. The Morgan fingerprint density at radius 1 is 1.05 bits per heavy atom. The summed E-state index contributed by atoms with van der Waals surface area (Å²) in [5.41, 5.74) is 2.57. The number of anilines is 2. The summed E-state index contributed by atoms with van der Waals surface area (Å²) in [5.74, 6) is 1.03. The molecule has 22 heavy (non-hydrogen) atoms. The molecule has 116 valence electrons. The van der Waals surface area contributed by atoms with E-state index >= 15 is 0 Å². The first-order chi connectivity index (χ1) is 10.5. The van der Waals surface area contributed by atoms with E-state index in [0.717, 1.165) is 5.69 Å². The smallest absolute Gasteiger partial charge is 0.323 e. The monoisotopic (exact) mass is 318 g/mol. The van der Waals surface area contributed by atoms with Crippen LogP contribution in [0.5, 0.6) is 5.75 Å². The molecule has 0 saturated carbocycles. The highest BCUT2D eigenvalue weighted by atomic mass is 35.5. The maximum absolute atomic E-state index is 12.0. The largest absolute Gasteiger partial charge is 0.495 e. The number of carbonyl (C=O) groups is 1. The molecule has 0 fully saturated rings. The summed E-state index contributed by atoms with van der Waals surface area (Å²) in [5, 5.41) is 5.96. The van der Waals surface area contributed by atoms with Crippen LogP contribution >= 0.6 is 11.6 Å². The highest BCUT2D eigenvalue weighted by molar-refractivity contribution is 6.32. The third-order valence-corrected chi connectivity index (χ3v) is 3.54. The van der Waals surface area contributed by atoms with Gasteiger partial charge in [-0.1, -0.05) is 37.6 Å². The first-order valence-corrected chi connectivity index (χ1v) is 7.39. The number of rotatable bonds is 4. The Labute approximate surface area is 135 Å². The summed E-state index contributed by atoms with van der Waals surface area (Å²) in [4.78, 5) is 12.0. The summed E-state index contributed by atoms with van der Waals surface area (Å²) >= 11 is 6.02. The number of carbonyl (C=O) groups excluding carboxylic acids is 1. The van der Waals surface area contributed by atoms with E-state index in [4.69, 9.17) is 16.3 Å². The van der Waals surface area contributed by atoms with Crippen molar-refractivity contribution in [1.82, 2.24) is 0 Å². The van der Waals surface area contributed by atoms with Crippen LogP contribution < -0.4 is 15.4 Å². The summed E-state index contributed by atoms with van der Waals surface area (Å²) in [6.45, 7) is 4.26. The van der Waals surface area contributed by atoms with E-state index in [1.165, 1.54) is 5.56 Å². The van der Waals surface area contributed by atoms with E-state index in [-0.39, 0.29) is 6.03 Å². The van der Waals surface area contributed by atoms with Crippen LogP contribution in [-0.2, 0) is 0 Å². The number of nitrogens with one attached hydrogen (secondary N) is 2. The Morgan fingerprint density at radius 2 is 1.64 bits per heavy atom. The molecular weight excluding hydrogens is 300 g/mol. The number of urea groups is 1. The lowest BCUT2D eigenvalue weighted by molar-refractivity contribution is 0.262. The number of benzene rings is 2. The highest BCUT2D eigenvalue weighted by Crippen LogP contribution is 2.27. The predicted octanol–water partition coefficient (Wildman–Crippen LogP) is 5.12. The van der Waals surface area contributed by atoms with E-state index in [0.29, 0.717) is 22.4 Å². The molecule has 4 nitrogen and oxygen atoms in total. The van der Waals surface area contributed by atoms with Crippen LogP contribution in [0.4, 0.5) is 16.2 Å². The number of methoxy groups -OCH3 is 1. The fourth-order valence-electron chi connectivity index (χ4n) is 1.99. The van der Waals surface area contributed by atoms with Gasteiger partial charge >= 0.3 is 6.03 Å². The van der Waals surface area contributed by atoms with Crippen molar-refractivity contribution in [1.29, 1.82) is 0 Å². The summed E-state index contributed by atoms with van der Waals surface area (Å²) < 4.78 is 5.07. The molecule has 0 saturated heterocycles. The standard InChI is InChI=1S/C17H19ClN2O2/c1-11(2)12-4-6-13(7-5-12)19-17(21)20-14-8-9-16(22-3)15(18)10-14/h4-11H,1-3H3,(H2,19,20,21). The Bertz CT molecular complexity index is 654. The van der Waals surface area contributed by atoms with Crippen LogP contribution in [0.2, 0.25) is 5.02 Å². The molecule has 0 aromatic heterocycles. The molecular formula is C17H19ClN2O2. The lowest BCUT2D eigenvalue weighted by Gasteiger charge is -2.10. The maximum Gasteiger partial charge on any atom is 0.323 e. The topological polar surface area (TPSA) is 50.4 Å². The number of amides is 2. The molecule has 0 unspecified atom stereocenters. The van der Waals surface area contributed by atoms with Gasteiger partial charge in [0.25, 0.3) is 0 Å². The van der Waals surface area contributed by atoms with Gasteiger partial charge in [-0.25, -0.2) is 4.79 Å². The highest BCUT2D eigenvalue weighted by Gasteiger charge is 2.06. The molecule has 0 aliphatic rings. The van der Waals surface area contributed by atoms with Crippen molar-refractivity contribution in [3.05, 3.63) is 53.1 Å². The van der Waals surface area contributed by atoms with E-state index in [9.17, 15) is 4.79 Å². The van der Waals surface area contributed by atoms with Crippen LogP contribution in [0.1, 0.15) is 25.3 Å². The SMILES string of the molecule is COc1ccc(NC(=O)Nc2ccc(C(C)C)cc2)cc1Cl. The first kappa shape index (κ1) is 16.2. The van der Waals surface area contributed by atoms with Gasteiger partial charge in [0.15, 0.2) is 0 Å². The van der Waals surface area contributed by atoms with Crippen LogP contribution in [0.3, 0.4) is 0 Å². The summed E-state index contributed by atoms with van der Waals surface area (Å²) in [6, 6.07) is 12.5. The molecule has 0 radical (unpaired) electrons. The van der Waals surface area contributed by atoms with Gasteiger partial charge in [0, 0.05) is 11.4 Å². The van der Waals surface area contributed by atoms with Crippen LogP contribution in [0.25, 0.3) is 0 Å². The lowest BCUT2D eigenvalue weighted by atomic mass is 10.0. The Balaban J connectivity index is 1.99. The molecule has 0 atom stereocenters. The number of halogens is 1. The zero-order valence-corrected chi connectivity index (χ0v) is 13.6. The third kappa shape index (κ3) is 4.15. The van der Waals surface area contributed by atoms with Gasteiger partial charge in [0.1, 0.15) is 5.75 Å². The van der Waals surface area contributed by atoms with Gasteiger partial charge < -0.3 is 15.4 Å². The van der Waals surface area contributed by atoms with E-state index in [2.05, 4.69) is 24.5 Å². The van der Waals surface area contributed by atoms with Crippen LogP contribution in [0, 0.1) is 0 Å². The number of ether oxygens (including phenoxy) is 1. The van der Waals surface area contributed by atoms with Gasteiger partial charge in [-0.2, -0.15) is 0 Å². The minimum Gasteiger partial charge on any atom is -0.495 e. The minimum absolute atomic E-state index is 0.321. The zero-order chi connectivity index (χ0) is 16.1. The third-order valence-electron chi connectivity index (χ3n) is 3.24. The molecule has 0 bridgehead atoms. The molecule has 5 heteroatoms.